The Bertz CT molecular complexity index is 370. The highest BCUT2D eigenvalue weighted by Crippen LogP contribution is 2.37. The third kappa shape index (κ3) is 3.98. The van der Waals surface area contributed by atoms with Crippen molar-refractivity contribution in [3.63, 3.8) is 0 Å². The molecule has 1 rings (SSSR count). The first kappa shape index (κ1) is 15.5. The molecule has 19 heavy (non-hydrogen) atoms. The molecule has 1 unspecified atom stereocenters. The molecular formula is C14H23NO4. The van der Waals surface area contributed by atoms with Gasteiger partial charge in [0.15, 0.2) is 0 Å². The minimum absolute atomic E-state index is 0.0560. The second-order valence-electron chi connectivity index (χ2n) is 5.85. The number of esters is 1. The normalized spacial score (nSPS) is 23.9. The molecule has 0 radical (unpaired) electrons. The fourth-order valence-corrected chi connectivity index (χ4v) is 2.73. The van der Waals surface area contributed by atoms with Gasteiger partial charge in [0.05, 0.1) is 6.61 Å². The maximum atomic E-state index is 11.3. The molecule has 0 aromatic rings. The molecule has 1 heterocycles. The number of likely N-dealkylation sites (tertiary alicyclic amines) is 1. The van der Waals surface area contributed by atoms with Gasteiger partial charge >= 0.3 is 12.1 Å². The van der Waals surface area contributed by atoms with Crippen LogP contribution in [0.4, 0.5) is 4.79 Å². The molecule has 108 valence electrons. The van der Waals surface area contributed by atoms with E-state index in [1.807, 2.05) is 20.8 Å². The van der Waals surface area contributed by atoms with Crippen LogP contribution in [0.25, 0.3) is 0 Å². The molecule has 0 aromatic carbocycles. The van der Waals surface area contributed by atoms with Crippen LogP contribution in [-0.2, 0) is 9.53 Å². The number of hydrogen-bond donors (Lipinski definition) is 1. The maximum Gasteiger partial charge on any atom is 0.407 e. The molecule has 2 atom stereocenters. The second-order valence-corrected chi connectivity index (χ2v) is 5.85. The summed E-state index contributed by atoms with van der Waals surface area (Å²) in [5, 5.41) is 9.24. The first-order chi connectivity index (χ1) is 8.77. The second kappa shape index (κ2) is 6.08. The molecule has 0 aliphatic carbocycles. The van der Waals surface area contributed by atoms with Crippen LogP contribution in [-0.4, -0.2) is 41.3 Å². The Morgan fingerprint density at radius 2 is 2.05 bits per heavy atom. The van der Waals surface area contributed by atoms with E-state index in [9.17, 15) is 14.7 Å². The van der Waals surface area contributed by atoms with Crippen molar-refractivity contribution in [2.75, 3.05) is 13.2 Å². The number of hydrogen-bond acceptors (Lipinski definition) is 3. The number of amides is 1. The van der Waals surface area contributed by atoms with E-state index in [1.54, 1.807) is 13.0 Å². The number of rotatable bonds is 3. The number of carbonyl (C=O) groups excluding carboxylic acids is 1. The van der Waals surface area contributed by atoms with Crippen molar-refractivity contribution in [3.8, 4) is 0 Å². The Hall–Kier alpha value is -1.52. The van der Waals surface area contributed by atoms with Gasteiger partial charge in [-0.05, 0) is 18.8 Å². The lowest BCUT2D eigenvalue weighted by Gasteiger charge is -2.36. The molecule has 1 saturated heterocycles. The molecule has 5 nitrogen and oxygen atoms in total. The minimum Gasteiger partial charge on any atom is -0.465 e. The van der Waals surface area contributed by atoms with Crippen molar-refractivity contribution in [3.05, 3.63) is 12.2 Å². The highest BCUT2D eigenvalue weighted by atomic mass is 16.5. The van der Waals surface area contributed by atoms with Crippen LogP contribution in [0.3, 0.4) is 0 Å². The van der Waals surface area contributed by atoms with Crippen LogP contribution < -0.4 is 0 Å². The maximum absolute atomic E-state index is 11.3. The summed E-state index contributed by atoms with van der Waals surface area (Å²) >= 11 is 0. The van der Waals surface area contributed by atoms with Crippen LogP contribution in [0, 0.1) is 11.3 Å². The Morgan fingerprint density at radius 3 is 2.53 bits per heavy atom. The standard InChI is InChI=1S/C14H23NO4/c1-5-19-11(16)7-6-10-8-9-15(13(17)18)12(10)14(2,3)4/h6-7,10,12H,5,8-9H2,1-4H3,(H,17,18)/b7-6+/t10?,12-/m1/s1. The van der Waals surface area contributed by atoms with Gasteiger partial charge in [-0.1, -0.05) is 26.8 Å². The number of carboxylic acid groups (broad SMARTS) is 1. The van der Waals surface area contributed by atoms with E-state index in [-0.39, 0.29) is 23.3 Å². The zero-order chi connectivity index (χ0) is 14.6. The van der Waals surface area contributed by atoms with Gasteiger partial charge in [-0.2, -0.15) is 0 Å². The van der Waals surface area contributed by atoms with Crippen LogP contribution in [0.15, 0.2) is 12.2 Å². The van der Waals surface area contributed by atoms with E-state index in [4.69, 9.17) is 4.74 Å². The average Bonchev–Trinajstić information content (AvgIpc) is 2.70. The van der Waals surface area contributed by atoms with Crippen LogP contribution in [0.1, 0.15) is 34.1 Å². The third-order valence-corrected chi connectivity index (χ3v) is 3.34. The highest BCUT2D eigenvalue weighted by molar-refractivity contribution is 5.82. The zero-order valence-corrected chi connectivity index (χ0v) is 12.0. The lowest BCUT2D eigenvalue weighted by molar-refractivity contribution is -0.137. The molecule has 1 amide bonds. The largest absolute Gasteiger partial charge is 0.465 e. The van der Waals surface area contributed by atoms with E-state index in [0.29, 0.717) is 13.2 Å². The van der Waals surface area contributed by atoms with Crippen molar-refractivity contribution < 1.29 is 19.4 Å². The molecule has 1 fully saturated rings. The van der Waals surface area contributed by atoms with Crippen molar-refractivity contribution in [2.45, 2.75) is 40.2 Å². The van der Waals surface area contributed by atoms with Gasteiger partial charge < -0.3 is 14.7 Å². The summed E-state index contributed by atoms with van der Waals surface area (Å²) in [5.41, 5.74) is -0.168. The van der Waals surface area contributed by atoms with Gasteiger partial charge in [0.1, 0.15) is 0 Å². The quantitative estimate of drug-likeness (QED) is 0.631. The van der Waals surface area contributed by atoms with Gasteiger partial charge in [0, 0.05) is 24.6 Å². The summed E-state index contributed by atoms with van der Waals surface area (Å²) in [7, 11) is 0. The molecule has 1 aliphatic heterocycles. The first-order valence-corrected chi connectivity index (χ1v) is 6.62. The van der Waals surface area contributed by atoms with Gasteiger partial charge in [-0.3, -0.25) is 0 Å². The van der Waals surface area contributed by atoms with Crippen molar-refractivity contribution in [1.29, 1.82) is 0 Å². The zero-order valence-electron chi connectivity index (χ0n) is 12.0. The predicted octanol–water partition coefficient (Wildman–Crippen LogP) is 2.52. The highest BCUT2D eigenvalue weighted by Gasteiger charge is 2.42. The Balaban J connectivity index is 2.83. The first-order valence-electron chi connectivity index (χ1n) is 6.62. The summed E-state index contributed by atoms with van der Waals surface area (Å²) in [4.78, 5) is 24.1. The Labute approximate surface area is 114 Å². The smallest absolute Gasteiger partial charge is 0.407 e. The SMILES string of the molecule is CCOC(=O)/C=C/C1CCN(C(=O)O)[C@H]1C(C)(C)C. The van der Waals surface area contributed by atoms with Crippen LogP contribution >= 0.6 is 0 Å². The number of nitrogens with zero attached hydrogens (tertiary/aromatic N) is 1. The lowest BCUT2D eigenvalue weighted by Crippen LogP contribution is -2.45. The molecule has 1 aliphatic rings. The van der Waals surface area contributed by atoms with Gasteiger partial charge in [-0.15, -0.1) is 0 Å². The molecule has 0 aromatic heterocycles. The molecule has 0 bridgehead atoms. The van der Waals surface area contributed by atoms with Crippen LogP contribution in [0.5, 0.6) is 0 Å². The van der Waals surface area contributed by atoms with Crippen molar-refractivity contribution in [1.82, 2.24) is 4.90 Å². The Kier molecular flexibility index (Phi) is 4.97. The number of ether oxygens (including phenoxy) is 1. The molecule has 5 heteroatoms. The van der Waals surface area contributed by atoms with E-state index < -0.39 is 6.09 Å². The summed E-state index contributed by atoms with van der Waals surface area (Å²) in [6.45, 7) is 8.66. The van der Waals surface area contributed by atoms with Gasteiger partial charge in [-0.25, -0.2) is 9.59 Å². The van der Waals surface area contributed by atoms with E-state index in [0.717, 1.165) is 6.42 Å². The minimum atomic E-state index is -0.896. The molecular weight excluding hydrogens is 246 g/mol. The Morgan fingerprint density at radius 1 is 1.42 bits per heavy atom. The van der Waals surface area contributed by atoms with E-state index in [2.05, 4.69) is 0 Å². The molecule has 0 spiro atoms. The average molecular weight is 269 g/mol. The fraction of sp³-hybridized carbons (Fsp3) is 0.714. The van der Waals surface area contributed by atoms with Gasteiger partial charge in [0.2, 0.25) is 0 Å². The van der Waals surface area contributed by atoms with Gasteiger partial charge in [0.25, 0.3) is 0 Å². The summed E-state index contributed by atoms with van der Waals surface area (Å²) < 4.78 is 4.84. The third-order valence-electron chi connectivity index (χ3n) is 3.34. The summed E-state index contributed by atoms with van der Waals surface area (Å²) in [6.07, 6.45) is 3.05. The molecule has 1 N–H and O–H groups in total. The summed E-state index contributed by atoms with van der Waals surface area (Å²) in [5.74, 6) is -0.315. The molecule has 0 saturated carbocycles. The van der Waals surface area contributed by atoms with Crippen molar-refractivity contribution >= 4 is 12.1 Å². The fourth-order valence-electron chi connectivity index (χ4n) is 2.73. The number of carbonyl (C=O) groups is 2. The van der Waals surface area contributed by atoms with Crippen LogP contribution in [0.2, 0.25) is 0 Å². The lowest BCUT2D eigenvalue weighted by atomic mass is 9.79. The summed E-state index contributed by atoms with van der Waals surface area (Å²) in [6, 6.07) is -0.115. The van der Waals surface area contributed by atoms with E-state index >= 15 is 0 Å². The van der Waals surface area contributed by atoms with Crippen molar-refractivity contribution in [2.24, 2.45) is 11.3 Å². The topological polar surface area (TPSA) is 66.8 Å². The monoisotopic (exact) mass is 269 g/mol. The van der Waals surface area contributed by atoms with E-state index in [1.165, 1.54) is 11.0 Å². The predicted molar refractivity (Wildman–Crippen MR) is 71.9 cm³/mol.